The van der Waals surface area contributed by atoms with Crippen molar-refractivity contribution in [3.05, 3.63) is 42.0 Å². The number of esters is 1. The number of rotatable bonds is 5. The lowest BCUT2D eigenvalue weighted by molar-refractivity contribution is 0.0597. The van der Waals surface area contributed by atoms with Gasteiger partial charge in [0, 0.05) is 45.1 Å². The normalized spacial score (nSPS) is 17.6. The van der Waals surface area contributed by atoms with Gasteiger partial charge in [0.05, 0.1) is 25.2 Å². The van der Waals surface area contributed by atoms with Crippen LogP contribution in [-0.2, 0) is 21.8 Å². The molecular formula is C17H23ClN4O5S. The van der Waals surface area contributed by atoms with E-state index in [0.717, 1.165) is 0 Å². The number of nitrogens with one attached hydrogen (secondary N) is 1. The zero-order chi connectivity index (χ0) is 19.6. The van der Waals surface area contributed by atoms with Gasteiger partial charge in [-0.1, -0.05) is 0 Å². The molecule has 1 aliphatic heterocycles. The van der Waals surface area contributed by atoms with Crippen molar-refractivity contribution in [3.8, 4) is 5.75 Å². The molecule has 0 saturated carbocycles. The lowest BCUT2D eigenvalue weighted by atomic mass is 10.2. The molecule has 2 aromatic rings. The first-order chi connectivity index (χ1) is 12.9. The van der Waals surface area contributed by atoms with E-state index in [4.69, 9.17) is 9.47 Å². The van der Waals surface area contributed by atoms with Crippen molar-refractivity contribution in [1.82, 2.24) is 19.2 Å². The molecule has 1 N–H and O–H groups in total. The number of carbonyl (C=O) groups excluding carboxylic acids is 1. The Kier molecular flexibility index (Phi) is 7.05. The number of halogens is 1. The first-order valence-corrected chi connectivity index (χ1v) is 9.80. The number of piperazine rings is 1. The number of benzene rings is 1. The first-order valence-electron chi connectivity index (χ1n) is 8.36. The number of imidazole rings is 1. The summed E-state index contributed by atoms with van der Waals surface area (Å²) in [5, 5.41) is 3.21. The molecule has 0 bridgehead atoms. The van der Waals surface area contributed by atoms with Gasteiger partial charge in [-0.3, -0.25) is 0 Å². The minimum atomic E-state index is -3.83. The van der Waals surface area contributed by atoms with E-state index in [-0.39, 0.29) is 28.6 Å². The number of aryl methyl sites for hydroxylation is 1. The fraction of sp³-hybridized carbons (Fsp3) is 0.412. The van der Waals surface area contributed by atoms with E-state index in [1.807, 2.05) is 7.05 Å². The molecule has 1 fully saturated rings. The summed E-state index contributed by atoms with van der Waals surface area (Å²) in [5.74, 6) is 0.208. The molecule has 1 unspecified atom stereocenters. The van der Waals surface area contributed by atoms with Crippen LogP contribution in [-0.4, -0.2) is 62.1 Å². The van der Waals surface area contributed by atoms with Crippen LogP contribution in [0.4, 0.5) is 0 Å². The van der Waals surface area contributed by atoms with Crippen LogP contribution in [0.3, 0.4) is 0 Å². The largest absolute Gasteiger partial charge is 0.496 e. The zero-order valence-corrected chi connectivity index (χ0v) is 17.4. The van der Waals surface area contributed by atoms with E-state index in [0.29, 0.717) is 25.5 Å². The minimum absolute atomic E-state index is 0. The van der Waals surface area contributed by atoms with Crippen molar-refractivity contribution in [2.75, 3.05) is 33.9 Å². The predicted molar refractivity (Wildman–Crippen MR) is 104 cm³/mol. The van der Waals surface area contributed by atoms with Crippen LogP contribution >= 0.6 is 12.4 Å². The Balaban J connectivity index is 0.00000280. The van der Waals surface area contributed by atoms with E-state index in [1.54, 1.807) is 17.0 Å². The van der Waals surface area contributed by atoms with E-state index in [9.17, 15) is 13.2 Å². The van der Waals surface area contributed by atoms with Crippen molar-refractivity contribution in [1.29, 1.82) is 0 Å². The van der Waals surface area contributed by atoms with Gasteiger partial charge in [0.2, 0.25) is 10.0 Å². The minimum Gasteiger partial charge on any atom is -0.496 e. The molecule has 11 heteroatoms. The standard InChI is InChI=1S/C17H22N4O5S.ClH/c1-20-8-7-19-16(20)14-11-18-6-9-21(14)27(23,24)12-4-5-13(17(22)26-3)15(10-12)25-2;/h4-5,7-8,10,14,18H,6,9,11H2,1-3H3;1H. The smallest absolute Gasteiger partial charge is 0.341 e. The summed E-state index contributed by atoms with van der Waals surface area (Å²) in [5.41, 5.74) is 0.167. The maximum atomic E-state index is 13.3. The fourth-order valence-corrected chi connectivity index (χ4v) is 4.74. The quantitative estimate of drug-likeness (QED) is 0.705. The number of ether oxygens (including phenoxy) is 2. The van der Waals surface area contributed by atoms with E-state index in [2.05, 4.69) is 10.3 Å². The third-order valence-corrected chi connectivity index (χ3v) is 6.44. The molecule has 1 saturated heterocycles. The molecule has 1 aromatic heterocycles. The molecule has 9 nitrogen and oxygen atoms in total. The second-order valence-electron chi connectivity index (χ2n) is 6.09. The number of methoxy groups -OCH3 is 2. The van der Waals surface area contributed by atoms with Gasteiger partial charge >= 0.3 is 5.97 Å². The van der Waals surface area contributed by atoms with Crippen LogP contribution in [0.1, 0.15) is 22.2 Å². The molecule has 0 aliphatic carbocycles. The monoisotopic (exact) mass is 430 g/mol. The maximum Gasteiger partial charge on any atom is 0.341 e. The van der Waals surface area contributed by atoms with Gasteiger partial charge in [0.1, 0.15) is 17.1 Å². The summed E-state index contributed by atoms with van der Waals surface area (Å²) >= 11 is 0. The van der Waals surface area contributed by atoms with E-state index < -0.39 is 22.0 Å². The molecule has 1 atom stereocenters. The van der Waals surface area contributed by atoms with Gasteiger partial charge in [0.25, 0.3) is 0 Å². The summed E-state index contributed by atoms with van der Waals surface area (Å²) in [6.45, 7) is 1.31. The zero-order valence-electron chi connectivity index (χ0n) is 15.8. The van der Waals surface area contributed by atoms with Crippen LogP contribution in [0.2, 0.25) is 0 Å². The number of carbonyl (C=O) groups is 1. The highest BCUT2D eigenvalue weighted by Crippen LogP contribution is 2.31. The molecule has 2 heterocycles. The van der Waals surface area contributed by atoms with Crippen LogP contribution in [0.15, 0.2) is 35.5 Å². The van der Waals surface area contributed by atoms with Crippen molar-refractivity contribution < 1.29 is 22.7 Å². The molecule has 28 heavy (non-hydrogen) atoms. The Morgan fingerprint density at radius 1 is 1.32 bits per heavy atom. The predicted octanol–water partition coefficient (Wildman–Crippen LogP) is 0.972. The molecule has 1 aliphatic rings. The first kappa shape index (κ1) is 22.2. The van der Waals surface area contributed by atoms with Crippen molar-refractivity contribution in [2.45, 2.75) is 10.9 Å². The molecule has 3 rings (SSSR count). The fourth-order valence-electron chi connectivity index (χ4n) is 3.14. The topological polar surface area (TPSA) is 103 Å². The molecule has 1 aromatic carbocycles. The van der Waals surface area contributed by atoms with E-state index in [1.165, 1.54) is 36.7 Å². The third kappa shape index (κ3) is 4.00. The number of hydrogen-bond acceptors (Lipinski definition) is 7. The van der Waals surface area contributed by atoms with Crippen LogP contribution in [0.5, 0.6) is 5.75 Å². The lowest BCUT2D eigenvalue weighted by Gasteiger charge is -2.34. The van der Waals surface area contributed by atoms with Crippen molar-refractivity contribution in [3.63, 3.8) is 0 Å². The summed E-state index contributed by atoms with van der Waals surface area (Å²) in [6, 6.07) is 3.70. The molecule has 154 valence electrons. The summed E-state index contributed by atoms with van der Waals surface area (Å²) in [7, 11) is 0.631. The Hall–Kier alpha value is -2.14. The average molecular weight is 431 g/mol. The maximum absolute atomic E-state index is 13.3. The SMILES string of the molecule is COC(=O)c1ccc(S(=O)(=O)N2CCNCC2c2nccn2C)cc1OC.Cl. The summed E-state index contributed by atoms with van der Waals surface area (Å²) in [4.78, 5) is 16.2. The molecule has 0 amide bonds. The van der Waals surface area contributed by atoms with Crippen molar-refractivity contribution in [2.24, 2.45) is 7.05 Å². The molecule has 0 radical (unpaired) electrons. The highest BCUT2D eigenvalue weighted by molar-refractivity contribution is 7.89. The molecule has 0 spiro atoms. The Morgan fingerprint density at radius 2 is 2.07 bits per heavy atom. The number of hydrogen-bond donors (Lipinski definition) is 1. The average Bonchev–Trinajstić information content (AvgIpc) is 3.12. The van der Waals surface area contributed by atoms with Gasteiger partial charge in [0.15, 0.2) is 0 Å². The third-order valence-electron chi connectivity index (χ3n) is 4.54. The second-order valence-corrected chi connectivity index (χ2v) is 7.98. The highest BCUT2D eigenvalue weighted by atomic mass is 35.5. The number of aromatic nitrogens is 2. The summed E-state index contributed by atoms with van der Waals surface area (Å²) in [6.07, 6.45) is 3.42. The summed E-state index contributed by atoms with van der Waals surface area (Å²) < 4.78 is 39.8. The van der Waals surface area contributed by atoms with Gasteiger partial charge in [-0.25, -0.2) is 18.2 Å². The van der Waals surface area contributed by atoms with Gasteiger partial charge < -0.3 is 19.4 Å². The van der Waals surface area contributed by atoms with Crippen molar-refractivity contribution >= 4 is 28.4 Å². The molecular weight excluding hydrogens is 408 g/mol. The number of sulfonamides is 1. The van der Waals surface area contributed by atoms with Crippen LogP contribution < -0.4 is 10.1 Å². The Morgan fingerprint density at radius 3 is 2.68 bits per heavy atom. The number of nitrogens with zero attached hydrogens (tertiary/aromatic N) is 3. The van der Waals surface area contributed by atoms with Gasteiger partial charge in [-0.05, 0) is 12.1 Å². The Bertz CT molecular complexity index is 947. The van der Waals surface area contributed by atoms with Gasteiger partial charge in [-0.15, -0.1) is 12.4 Å². The Labute approximate surface area is 170 Å². The highest BCUT2D eigenvalue weighted by Gasteiger charge is 2.36. The van der Waals surface area contributed by atoms with Gasteiger partial charge in [-0.2, -0.15) is 4.31 Å². The lowest BCUT2D eigenvalue weighted by Crippen LogP contribution is -2.49. The van der Waals surface area contributed by atoms with Crippen LogP contribution in [0, 0.1) is 0 Å². The second kappa shape index (κ2) is 8.91. The van der Waals surface area contributed by atoms with Crippen LogP contribution in [0.25, 0.3) is 0 Å². The van der Waals surface area contributed by atoms with E-state index >= 15 is 0 Å².